The van der Waals surface area contributed by atoms with Gasteiger partial charge in [-0.05, 0) is 107 Å². The molecule has 2 aromatic carbocycles. The van der Waals surface area contributed by atoms with Crippen LogP contribution < -0.4 is 0 Å². The van der Waals surface area contributed by atoms with Crippen LogP contribution in [0.15, 0.2) is 143 Å². The summed E-state index contributed by atoms with van der Waals surface area (Å²) in [5.74, 6) is -0.242. The van der Waals surface area contributed by atoms with Crippen molar-refractivity contribution in [1.29, 1.82) is 0 Å². The number of furan rings is 1. The predicted octanol–water partition coefficient (Wildman–Crippen LogP) is 13.6. The number of carbonyl (C=O) groups excluding carboxylic acids is 2. The summed E-state index contributed by atoms with van der Waals surface area (Å²) in [6, 6.07) is 14.8. The molecule has 0 aliphatic heterocycles. The standard InChI is InChI=1S/C46H50F2N4O3/c1-43(2,3)33-23-27(24-34(41(33)53)44(4,5)6)39(51-49-31-17-13-29(47)14-18-31)37-21-22-38(55-37)40(52-50-32-19-15-30(48)16-20-32)28-25-35(45(7,8)9)42(54)36(26-28)46(10,11)12/h13-26H,1-12H3/b51-49+,52-50+. The maximum atomic E-state index is 13.9. The number of rotatable bonds is 6. The minimum absolute atomic E-state index is 0.0401. The molecule has 9 heteroatoms. The molecule has 5 rings (SSSR count). The Balaban J connectivity index is 1.82. The third kappa shape index (κ3) is 9.45. The molecule has 0 radical (unpaired) electrons. The van der Waals surface area contributed by atoms with Crippen LogP contribution in [0.25, 0.3) is 11.4 Å². The number of halogens is 2. The first-order valence-electron chi connectivity index (χ1n) is 18.4. The number of carbonyl (C=O) groups is 2. The van der Waals surface area contributed by atoms with E-state index in [0.29, 0.717) is 67.7 Å². The summed E-state index contributed by atoms with van der Waals surface area (Å²) in [6.07, 6.45) is 7.32. The number of Topliss-reactive ketones (excluding diaryl/α,β-unsaturated/α-hetero) is 2. The van der Waals surface area contributed by atoms with Crippen molar-refractivity contribution in [2.24, 2.45) is 42.1 Å². The van der Waals surface area contributed by atoms with E-state index in [1.54, 1.807) is 12.1 Å². The second-order valence-electron chi connectivity index (χ2n) is 18.0. The average molecular weight is 745 g/mol. The number of hydrogen-bond acceptors (Lipinski definition) is 7. The molecule has 0 saturated carbocycles. The van der Waals surface area contributed by atoms with Crippen molar-refractivity contribution in [3.05, 3.63) is 142 Å². The lowest BCUT2D eigenvalue weighted by molar-refractivity contribution is -0.114. The second-order valence-corrected chi connectivity index (χ2v) is 18.0. The molecule has 0 N–H and O–H groups in total. The molecule has 1 heterocycles. The number of ketones is 2. The van der Waals surface area contributed by atoms with E-state index in [1.807, 2.05) is 107 Å². The Morgan fingerprint density at radius 2 is 0.727 bits per heavy atom. The van der Waals surface area contributed by atoms with Crippen molar-refractivity contribution in [3.8, 4) is 0 Å². The Morgan fingerprint density at radius 1 is 0.455 bits per heavy atom. The fourth-order valence-electron chi connectivity index (χ4n) is 6.08. The largest absolute Gasteiger partial charge is 0.453 e. The fraction of sp³-hybridized carbons (Fsp3) is 0.348. The molecule has 0 fully saturated rings. The van der Waals surface area contributed by atoms with Crippen LogP contribution in [0.5, 0.6) is 0 Å². The smallest absolute Gasteiger partial charge is 0.186 e. The van der Waals surface area contributed by atoms with Gasteiger partial charge in [0.2, 0.25) is 0 Å². The highest BCUT2D eigenvalue weighted by atomic mass is 19.1. The van der Waals surface area contributed by atoms with Gasteiger partial charge < -0.3 is 4.42 Å². The highest BCUT2D eigenvalue weighted by molar-refractivity contribution is 6.13. The van der Waals surface area contributed by atoms with Crippen molar-refractivity contribution in [2.75, 3.05) is 0 Å². The first kappa shape index (κ1) is 40.7. The van der Waals surface area contributed by atoms with E-state index in [-0.39, 0.29) is 11.6 Å². The van der Waals surface area contributed by atoms with Crippen LogP contribution in [-0.4, -0.2) is 11.6 Å². The minimum Gasteiger partial charge on any atom is -0.453 e. The quantitative estimate of drug-likeness (QED) is 0.235. The molecule has 2 aliphatic rings. The molecule has 2 aliphatic carbocycles. The molecule has 0 atom stereocenters. The number of hydrogen-bond donors (Lipinski definition) is 0. The Labute approximate surface area is 323 Å². The third-order valence-corrected chi connectivity index (χ3v) is 9.21. The molecular weight excluding hydrogens is 695 g/mol. The lowest BCUT2D eigenvalue weighted by Gasteiger charge is -2.31. The Kier molecular flexibility index (Phi) is 11.1. The topological polar surface area (TPSA) is 96.7 Å². The van der Waals surface area contributed by atoms with Gasteiger partial charge in [-0.3, -0.25) is 9.59 Å². The van der Waals surface area contributed by atoms with Crippen LogP contribution in [0.1, 0.15) is 94.6 Å². The van der Waals surface area contributed by atoms with Gasteiger partial charge in [-0.25, -0.2) is 8.78 Å². The zero-order valence-corrected chi connectivity index (χ0v) is 33.9. The van der Waals surface area contributed by atoms with Crippen molar-refractivity contribution in [1.82, 2.24) is 0 Å². The van der Waals surface area contributed by atoms with Gasteiger partial charge in [0.25, 0.3) is 0 Å². The van der Waals surface area contributed by atoms with E-state index in [0.717, 1.165) is 0 Å². The summed E-state index contributed by atoms with van der Waals surface area (Å²) in [5, 5.41) is 18.3. The molecule has 3 aromatic rings. The second kappa shape index (κ2) is 15.0. The van der Waals surface area contributed by atoms with Gasteiger partial charge in [0.15, 0.2) is 23.1 Å². The molecular formula is C46H50F2N4O3. The van der Waals surface area contributed by atoms with Crippen molar-refractivity contribution in [3.63, 3.8) is 0 Å². The lowest BCUT2D eigenvalue weighted by atomic mass is 9.71. The van der Waals surface area contributed by atoms with Gasteiger partial charge in [-0.2, -0.15) is 10.2 Å². The zero-order chi connectivity index (χ0) is 40.7. The van der Waals surface area contributed by atoms with Gasteiger partial charge in [0.1, 0.15) is 23.0 Å². The van der Waals surface area contributed by atoms with E-state index < -0.39 is 33.3 Å². The van der Waals surface area contributed by atoms with Crippen LogP contribution in [0.2, 0.25) is 0 Å². The summed E-state index contributed by atoms with van der Waals surface area (Å²) in [6.45, 7) is 23.9. The maximum Gasteiger partial charge on any atom is 0.186 e. The normalized spacial score (nSPS) is 16.1. The van der Waals surface area contributed by atoms with E-state index in [2.05, 4.69) is 20.5 Å². The summed E-state index contributed by atoms with van der Waals surface area (Å²) < 4.78 is 34.2. The van der Waals surface area contributed by atoms with E-state index >= 15 is 0 Å². The molecule has 0 spiro atoms. The summed E-state index contributed by atoms with van der Waals surface area (Å²) in [5.41, 5.74) is 3.18. The van der Waals surface area contributed by atoms with Gasteiger partial charge in [-0.1, -0.05) is 83.1 Å². The fourth-order valence-corrected chi connectivity index (χ4v) is 6.08. The lowest BCUT2D eigenvalue weighted by Crippen LogP contribution is -2.28. The molecule has 0 bridgehead atoms. The molecule has 286 valence electrons. The molecule has 7 nitrogen and oxygen atoms in total. The predicted molar refractivity (Wildman–Crippen MR) is 215 cm³/mol. The van der Waals surface area contributed by atoms with Gasteiger partial charge in [0.05, 0.1) is 11.4 Å². The van der Waals surface area contributed by atoms with Gasteiger partial charge >= 0.3 is 0 Å². The Bertz CT molecular complexity index is 2030. The number of azo groups is 2. The van der Waals surface area contributed by atoms with Gasteiger partial charge in [-0.15, -0.1) is 10.2 Å². The SMILES string of the molecule is CC(C)(C)C1=CC(=C(/N=N/c2ccc(F)cc2)c2ccc(C(/N=N/c3ccc(F)cc3)=C3C=C(C(C)(C)C)C(=O)C(C(C)(C)C)=C3)o2)C=C(C(C)(C)C)C1=O. The number of nitrogens with zero attached hydrogens (tertiary/aromatic N) is 4. The van der Waals surface area contributed by atoms with E-state index in [9.17, 15) is 18.4 Å². The summed E-state index contributed by atoms with van der Waals surface area (Å²) >= 11 is 0. The minimum atomic E-state index is -0.494. The zero-order valence-electron chi connectivity index (χ0n) is 33.9. The third-order valence-electron chi connectivity index (χ3n) is 9.21. The van der Waals surface area contributed by atoms with E-state index in [4.69, 9.17) is 4.42 Å². The molecule has 55 heavy (non-hydrogen) atoms. The van der Waals surface area contributed by atoms with Crippen molar-refractivity contribution in [2.45, 2.75) is 83.1 Å². The van der Waals surface area contributed by atoms with Crippen molar-refractivity contribution < 1.29 is 22.8 Å². The number of benzene rings is 2. The van der Waals surface area contributed by atoms with Gasteiger partial charge in [0, 0.05) is 33.4 Å². The molecule has 0 saturated heterocycles. The monoisotopic (exact) mass is 744 g/mol. The molecule has 0 amide bonds. The molecule has 1 aromatic heterocycles. The summed E-state index contributed by atoms with van der Waals surface area (Å²) in [4.78, 5) is 27.7. The average Bonchev–Trinajstić information content (AvgIpc) is 3.55. The first-order valence-corrected chi connectivity index (χ1v) is 18.4. The Hall–Kier alpha value is -5.44. The maximum absolute atomic E-state index is 13.9. The number of allylic oxidation sites excluding steroid dienone is 10. The summed E-state index contributed by atoms with van der Waals surface area (Å²) in [7, 11) is 0. The molecule has 0 unspecified atom stereocenters. The first-order chi connectivity index (χ1) is 25.4. The highest BCUT2D eigenvalue weighted by Crippen LogP contribution is 2.44. The Morgan fingerprint density at radius 3 is 0.982 bits per heavy atom. The van der Waals surface area contributed by atoms with Crippen LogP contribution in [-0.2, 0) is 9.59 Å². The van der Waals surface area contributed by atoms with Crippen LogP contribution in [0, 0.1) is 33.3 Å². The van der Waals surface area contributed by atoms with Crippen LogP contribution in [0.4, 0.5) is 20.2 Å². The highest BCUT2D eigenvalue weighted by Gasteiger charge is 2.37. The van der Waals surface area contributed by atoms with Crippen molar-refractivity contribution >= 4 is 34.3 Å². The van der Waals surface area contributed by atoms with Crippen LogP contribution >= 0.6 is 0 Å². The van der Waals surface area contributed by atoms with E-state index in [1.165, 1.54) is 48.5 Å². The van der Waals surface area contributed by atoms with Crippen LogP contribution in [0.3, 0.4) is 0 Å².